The summed E-state index contributed by atoms with van der Waals surface area (Å²) in [5.41, 5.74) is 0.724. The fourth-order valence-corrected chi connectivity index (χ4v) is 2.10. The summed E-state index contributed by atoms with van der Waals surface area (Å²) < 4.78 is 14.6. The van der Waals surface area contributed by atoms with E-state index in [-0.39, 0.29) is 18.2 Å². The van der Waals surface area contributed by atoms with Crippen LogP contribution < -0.4 is 5.32 Å². The molecular weight excluding hydrogens is 301 g/mol. The Hall–Kier alpha value is -2.70. The van der Waals surface area contributed by atoms with Gasteiger partial charge in [0.15, 0.2) is 0 Å². The van der Waals surface area contributed by atoms with Gasteiger partial charge in [0.05, 0.1) is 12.5 Å². The van der Waals surface area contributed by atoms with Crippen LogP contribution in [0.2, 0.25) is 0 Å². The molecule has 6 nitrogen and oxygen atoms in total. The van der Waals surface area contributed by atoms with E-state index in [1.807, 2.05) is 13.8 Å². The minimum Gasteiger partial charge on any atom is -0.481 e. The van der Waals surface area contributed by atoms with Crippen LogP contribution >= 0.6 is 0 Å². The molecular formula is C16H18FN3O3. The molecule has 0 saturated carbocycles. The average Bonchev–Trinajstić information content (AvgIpc) is 2.97. The number of carboxylic acid groups (broad SMARTS) is 1. The Morgan fingerprint density at radius 2 is 1.91 bits per heavy atom. The number of carbonyl (C=O) groups excluding carboxylic acids is 1. The molecule has 0 aliphatic rings. The third-order valence-electron chi connectivity index (χ3n) is 3.33. The van der Waals surface area contributed by atoms with E-state index < -0.39 is 23.7 Å². The van der Waals surface area contributed by atoms with Crippen molar-refractivity contribution in [1.82, 2.24) is 15.1 Å². The summed E-state index contributed by atoms with van der Waals surface area (Å²) >= 11 is 0. The summed E-state index contributed by atoms with van der Waals surface area (Å²) in [7, 11) is 0. The number of amides is 1. The van der Waals surface area contributed by atoms with Crippen molar-refractivity contribution in [3.05, 3.63) is 53.6 Å². The van der Waals surface area contributed by atoms with Gasteiger partial charge in [0.2, 0.25) is 0 Å². The van der Waals surface area contributed by atoms with Crippen LogP contribution in [-0.2, 0) is 4.79 Å². The van der Waals surface area contributed by atoms with E-state index in [2.05, 4.69) is 10.4 Å². The Morgan fingerprint density at radius 3 is 2.43 bits per heavy atom. The molecule has 0 spiro atoms. The standard InChI is InChI=1S/C16H18FN3O3/c1-10(2)20-8-7-13(19-20)16(23)18-14(9-15(21)22)11-3-5-12(17)6-4-11/h3-8,10,14H,9H2,1-2H3,(H,18,23)(H,21,22). The van der Waals surface area contributed by atoms with Gasteiger partial charge in [-0.15, -0.1) is 0 Å². The average molecular weight is 319 g/mol. The predicted octanol–water partition coefficient (Wildman–Crippen LogP) is 2.55. The van der Waals surface area contributed by atoms with Crippen LogP contribution in [0.5, 0.6) is 0 Å². The number of nitrogens with zero attached hydrogens (tertiary/aromatic N) is 2. The van der Waals surface area contributed by atoms with Crippen LogP contribution in [0, 0.1) is 5.82 Å². The molecule has 0 aliphatic carbocycles. The number of rotatable bonds is 6. The lowest BCUT2D eigenvalue weighted by atomic mass is 10.0. The Balaban J connectivity index is 2.17. The number of hydrogen-bond acceptors (Lipinski definition) is 3. The van der Waals surface area contributed by atoms with Crippen molar-refractivity contribution in [3.8, 4) is 0 Å². The predicted molar refractivity (Wildman–Crippen MR) is 81.5 cm³/mol. The first-order valence-electron chi connectivity index (χ1n) is 7.20. The Bertz CT molecular complexity index is 695. The molecule has 0 radical (unpaired) electrons. The lowest BCUT2D eigenvalue weighted by molar-refractivity contribution is -0.137. The van der Waals surface area contributed by atoms with Crippen LogP contribution in [0.4, 0.5) is 4.39 Å². The number of nitrogens with one attached hydrogen (secondary N) is 1. The third kappa shape index (κ3) is 4.38. The molecule has 0 fully saturated rings. The van der Waals surface area contributed by atoms with Crippen LogP contribution in [0.1, 0.15) is 48.4 Å². The highest BCUT2D eigenvalue weighted by Crippen LogP contribution is 2.18. The molecule has 2 aromatic rings. The summed E-state index contributed by atoms with van der Waals surface area (Å²) in [5.74, 6) is -1.96. The zero-order chi connectivity index (χ0) is 17.0. The monoisotopic (exact) mass is 319 g/mol. The zero-order valence-corrected chi connectivity index (χ0v) is 12.9. The number of aromatic nitrogens is 2. The largest absolute Gasteiger partial charge is 0.481 e. The van der Waals surface area contributed by atoms with E-state index in [1.165, 1.54) is 24.3 Å². The van der Waals surface area contributed by atoms with Crippen LogP contribution in [0.3, 0.4) is 0 Å². The Morgan fingerprint density at radius 1 is 1.26 bits per heavy atom. The Labute approximate surface area is 132 Å². The number of benzene rings is 1. The molecule has 1 unspecified atom stereocenters. The first-order chi connectivity index (χ1) is 10.9. The van der Waals surface area contributed by atoms with E-state index in [9.17, 15) is 14.0 Å². The van der Waals surface area contributed by atoms with Gasteiger partial charge in [-0.2, -0.15) is 5.10 Å². The van der Waals surface area contributed by atoms with Crippen molar-refractivity contribution < 1.29 is 19.1 Å². The van der Waals surface area contributed by atoms with Crippen molar-refractivity contribution in [1.29, 1.82) is 0 Å². The maximum Gasteiger partial charge on any atom is 0.305 e. The second-order valence-electron chi connectivity index (χ2n) is 5.45. The molecule has 1 aromatic heterocycles. The summed E-state index contributed by atoms with van der Waals surface area (Å²) in [5, 5.41) is 15.8. The summed E-state index contributed by atoms with van der Waals surface area (Å²) in [6, 6.07) is 6.28. The molecule has 0 bridgehead atoms. The smallest absolute Gasteiger partial charge is 0.305 e. The molecule has 1 atom stereocenters. The SMILES string of the molecule is CC(C)n1ccc(C(=O)NC(CC(=O)O)c2ccc(F)cc2)n1. The number of carbonyl (C=O) groups is 2. The first-order valence-corrected chi connectivity index (χ1v) is 7.20. The molecule has 122 valence electrons. The van der Waals surface area contributed by atoms with E-state index in [1.54, 1.807) is 16.9 Å². The van der Waals surface area contributed by atoms with Crippen LogP contribution in [-0.4, -0.2) is 26.8 Å². The van der Waals surface area contributed by atoms with Gasteiger partial charge in [0, 0.05) is 12.2 Å². The van der Waals surface area contributed by atoms with Crippen molar-refractivity contribution in [2.75, 3.05) is 0 Å². The van der Waals surface area contributed by atoms with E-state index in [0.29, 0.717) is 5.56 Å². The highest BCUT2D eigenvalue weighted by atomic mass is 19.1. The molecule has 0 aliphatic heterocycles. The molecule has 0 saturated heterocycles. The quantitative estimate of drug-likeness (QED) is 0.857. The van der Waals surface area contributed by atoms with Gasteiger partial charge >= 0.3 is 5.97 Å². The summed E-state index contributed by atoms with van der Waals surface area (Å²) in [4.78, 5) is 23.3. The lowest BCUT2D eigenvalue weighted by Crippen LogP contribution is -2.30. The fraction of sp³-hybridized carbons (Fsp3) is 0.312. The third-order valence-corrected chi connectivity index (χ3v) is 3.33. The maximum absolute atomic E-state index is 13.0. The van der Waals surface area contributed by atoms with Gasteiger partial charge in [0.25, 0.3) is 5.91 Å². The molecule has 7 heteroatoms. The molecule has 1 heterocycles. The molecule has 23 heavy (non-hydrogen) atoms. The first kappa shape index (κ1) is 16.7. The molecule has 2 rings (SSSR count). The summed E-state index contributed by atoms with van der Waals surface area (Å²) in [6.07, 6.45) is 1.38. The van der Waals surface area contributed by atoms with Gasteiger partial charge in [-0.3, -0.25) is 14.3 Å². The molecule has 1 aromatic carbocycles. The van der Waals surface area contributed by atoms with Crippen LogP contribution in [0.15, 0.2) is 36.5 Å². The molecule has 2 N–H and O–H groups in total. The number of halogens is 1. The van der Waals surface area contributed by atoms with Gasteiger partial charge < -0.3 is 10.4 Å². The topological polar surface area (TPSA) is 84.2 Å². The van der Waals surface area contributed by atoms with Crippen molar-refractivity contribution >= 4 is 11.9 Å². The fourth-order valence-electron chi connectivity index (χ4n) is 2.10. The number of hydrogen-bond donors (Lipinski definition) is 2. The van der Waals surface area contributed by atoms with Gasteiger partial charge in [-0.25, -0.2) is 4.39 Å². The number of carboxylic acids is 1. The van der Waals surface area contributed by atoms with Gasteiger partial charge in [-0.1, -0.05) is 12.1 Å². The maximum atomic E-state index is 13.0. The highest BCUT2D eigenvalue weighted by molar-refractivity contribution is 5.92. The van der Waals surface area contributed by atoms with Gasteiger partial charge in [0.1, 0.15) is 11.5 Å². The van der Waals surface area contributed by atoms with Crippen molar-refractivity contribution in [3.63, 3.8) is 0 Å². The molecule has 1 amide bonds. The lowest BCUT2D eigenvalue weighted by Gasteiger charge is -2.16. The van der Waals surface area contributed by atoms with E-state index in [4.69, 9.17) is 5.11 Å². The van der Waals surface area contributed by atoms with E-state index in [0.717, 1.165) is 0 Å². The van der Waals surface area contributed by atoms with Gasteiger partial charge in [-0.05, 0) is 37.6 Å². The highest BCUT2D eigenvalue weighted by Gasteiger charge is 2.20. The van der Waals surface area contributed by atoms with Crippen LogP contribution in [0.25, 0.3) is 0 Å². The van der Waals surface area contributed by atoms with Crippen molar-refractivity contribution in [2.45, 2.75) is 32.4 Å². The second kappa shape index (κ2) is 7.04. The van der Waals surface area contributed by atoms with E-state index >= 15 is 0 Å². The summed E-state index contributed by atoms with van der Waals surface area (Å²) in [6.45, 7) is 3.86. The number of aliphatic carboxylic acids is 1. The minimum atomic E-state index is -1.06. The normalized spacial score (nSPS) is 12.2. The van der Waals surface area contributed by atoms with Crippen molar-refractivity contribution in [2.24, 2.45) is 0 Å². The minimum absolute atomic E-state index is 0.114. The Kier molecular flexibility index (Phi) is 5.10. The zero-order valence-electron chi connectivity index (χ0n) is 12.9. The second-order valence-corrected chi connectivity index (χ2v) is 5.45.